The molecule has 0 aromatic rings. The maximum atomic E-state index is 13.0. The number of unbranched alkanes of at least 4 members (excludes halogenated alkanes) is 41. The van der Waals surface area contributed by atoms with Crippen molar-refractivity contribution < 1.29 is 32.9 Å². The first-order valence-electron chi connectivity index (χ1n) is 33.5. The van der Waals surface area contributed by atoms with E-state index >= 15 is 0 Å². The lowest BCUT2D eigenvalue weighted by molar-refractivity contribution is -0.870. The molecule has 9 heteroatoms. The van der Waals surface area contributed by atoms with Crippen molar-refractivity contribution in [2.24, 2.45) is 0 Å². The second kappa shape index (κ2) is 59.1. The summed E-state index contributed by atoms with van der Waals surface area (Å²) < 4.78 is 23.5. The first kappa shape index (κ1) is 75.5. The minimum Gasteiger partial charge on any atom is -0.756 e. The average molecular weight is 1100 g/mol. The molecule has 0 aliphatic heterocycles. The Morgan fingerprint density at radius 3 is 1.16 bits per heavy atom. The molecule has 1 amide bonds. The van der Waals surface area contributed by atoms with Gasteiger partial charge in [0, 0.05) is 6.42 Å². The molecule has 0 radical (unpaired) electrons. The lowest BCUT2D eigenvalue weighted by Crippen LogP contribution is -2.46. The summed E-state index contributed by atoms with van der Waals surface area (Å²) in [5.41, 5.74) is 0. The highest BCUT2D eigenvalue weighted by molar-refractivity contribution is 7.45. The molecule has 8 nitrogen and oxygen atoms in total. The summed E-state index contributed by atoms with van der Waals surface area (Å²) in [5, 5.41) is 14.1. The lowest BCUT2D eigenvalue weighted by atomic mass is 10.0. The Balaban J connectivity index is 4.05. The number of likely N-dealkylation sites (N-methyl/N-ethyl adjacent to an activating group) is 1. The van der Waals surface area contributed by atoms with Crippen LogP contribution in [0.4, 0.5) is 0 Å². The van der Waals surface area contributed by atoms with Crippen LogP contribution in [0.5, 0.6) is 0 Å². The summed E-state index contributed by atoms with van der Waals surface area (Å²) in [7, 11) is 1.31. The molecule has 0 bridgehead atoms. The third kappa shape index (κ3) is 61.9. The second-order valence-corrected chi connectivity index (χ2v) is 25.6. The summed E-state index contributed by atoms with van der Waals surface area (Å²) in [6.07, 6.45) is 78.9. The molecular formula is C68H131N2O6P. The predicted molar refractivity (Wildman–Crippen MR) is 334 cm³/mol. The van der Waals surface area contributed by atoms with Gasteiger partial charge in [0.05, 0.1) is 39.9 Å². The highest BCUT2D eigenvalue weighted by atomic mass is 31.2. The quantitative estimate of drug-likeness (QED) is 0.0272. The molecule has 0 spiro atoms. The van der Waals surface area contributed by atoms with Crippen LogP contribution in [0.3, 0.4) is 0 Å². The zero-order valence-corrected chi connectivity index (χ0v) is 52.8. The number of hydrogen-bond acceptors (Lipinski definition) is 6. The van der Waals surface area contributed by atoms with Crippen LogP contribution in [0.1, 0.15) is 328 Å². The van der Waals surface area contributed by atoms with Gasteiger partial charge in [-0.3, -0.25) is 9.36 Å². The van der Waals surface area contributed by atoms with Crippen molar-refractivity contribution in [3.05, 3.63) is 48.6 Å². The van der Waals surface area contributed by atoms with E-state index in [0.29, 0.717) is 23.9 Å². The zero-order valence-electron chi connectivity index (χ0n) is 51.9. The number of phosphoric acid groups is 1. The van der Waals surface area contributed by atoms with E-state index in [1.54, 1.807) is 0 Å². The van der Waals surface area contributed by atoms with Crippen LogP contribution in [0, 0.1) is 0 Å². The largest absolute Gasteiger partial charge is 0.756 e. The minimum atomic E-state index is -4.58. The highest BCUT2D eigenvalue weighted by Gasteiger charge is 2.24. The average Bonchev–Trinajstić information content (AvgIpc) is 3.39. The van der Waals surface area contributed by atoms with Crippen LogP contribution in [-0.4, -0.2) is 68.5 Å². The number of nitrogens with one attached hydrogen (secondary N) is 1. The van der Waals surface area contributed by atoms with Crippen molar-refractivity contribution in [2.75, 3.05) is 40.9 Å². The molecule has 0 fully saturated rings. The Hall–Kier alpha value is -1.54. The van der Waals surface area contributed by atoms with Crippen molar-refractivity contribution in [3.8, 4) is 0 Å². The maximum absolute atomic E-state index is 13.0. The van der Waals surface area contributed by atoms with Crippen LogP contribution in [0.25, 0.3) is 0 Å². The van der Waals surface area contributed by atoms with Gasteiger partial charge in [-0.05, 0) is 51.4 Å². The van der Waals surface area contributed by atoms with Gasteiger partial charge in [-0.15, -0.1) is 0 Å². The standard InChI is InChI=1S/C68H131N2O6P/c1-6-8-10-12-14-16-18-20-22-24-26-28-30-32-34-36-37-39-41-43-45-47-49-51-53-55-57-59-61-67(71)66(65-76-77(73,74)75-64-63-70(3,4)5)69-68(72)62-60-58-56-54-52-50-48-46-44-42-40-38-35-33-31-29-27-25-23-21-19-17-15-13-11-9-7-2/h9,11,15,17,21,23,27,29,66-67,71H,6-8,10,12-14,16,18-20,22,24-26,28,30-65H2,1-5H3,(H-,69,72,73,74)/b11-9-,17-15-,23-21-,29-27-. The Morgan fingerprint density at radius 2 is 0.792 bits per heavy atom. The number of amides is 1. The van der Waals surface area contributed by atoms with E-state index < -0.39 is 20.0 Å². The van der Waals surface area contributed by atoms with E-state index in [2.05, 4.69) is 67.8 Å². The molecule has 3 unspecified atom stereocenters. The zero-order chi connectivity index (χ0) is 56.3. The van der Waals surface area contributed by atoms with Crippen molar-refractivity contribution >= 4 is 13.7 Å². The first-order chi connectivity index (χ1) is 37.5. The van der Waals surface area contributed by atoms with E-state index in [4.69, 9.17) is 9.05 Å². The molecule has 0 heterocycles. The van der Waals surface area contributed by atoms with Gasteiger partial charge in [-0.2, -0.15) is 0 Å². The topological polar surface area (TPSA) is 108 Å². The van der Waals surface area contributed by atoms with E-state index in [0.717, 1.165) is 64.2 Å². The van der Waals surface area contributed by atoms with Crippen molar-refractivity contribution in [1.82, 2.24) is 5.32 Å². The molecule has 0 aliphatic carbocycles. The molecule has 0 saturated heterocycles. The summed E-state index contributed by atoms with van der Waals surface area (Å²) in [5.74, 6) is -0.161. The van der Waals surface area contributed by atoms with Crippen LogP contribution < -0.4 is 10.2 Å². The van der Waals surface area contributed by atoms with Gasteiger partial charge in [0.15, 0.2) is 0 Å². The van der Waals surface area contributed by atoms with Gasteiger partial charge in [-0.1, -0.05) is 319 Å². The molecule has 77 heavy (non-hydrogen) atoms. The summed E-state index contributed by atoms with van der Waals surface area (Å²) >= 11 is 0. The van der Waals surface area contributed by atoms with Crippen LogP contribution in [0.15, 0.2) is 48.6 Å². The van der Waals surface area contributed by atoms with Gasteiger partial charge in [-0.25, -0.2) is 0 Å². The number of quaternary nitrogens is 1. The fraction of sp³-hybridized carbons (Fsp3) is 0.868. The van der Waals surface area contributed by atoms with Crippen molar-refractivity contribution in [1.29, 1.82) is 0 Å². The van der Waals surface area contributed by atoms with Gasteiger partial charge in [0.25, 0.3) is 7.82 Å². The third-order valence-corrected chi connectivity index (χ3v) is 16.3. The Labute approximate surface area is 479 Å². The van der Waals surface area contributed by atoms with Crippen LogP contribution >= 0.6 is 7.82 Å². The van der Waals surface area contributed by atoms with Gasteiger partial charge in [0.1, 0.15) is 13.2 Å². The molecule has 0 aliphatic rings. The summed E-state index contributed by atoms with van der Waals surface area (Å²) in [6, 6.07) is -0.803. The van der Waals surface area contributed by atoms with Gasteiger partial charge < -0.3 is 28.8 Å². The Bertz CT molecular complexity index is 1390. The number of aliphatic hydroxyl groups excluding tert-OH is 1. The SMILES string of the molecule is CC/C=C\C/C=C\C/C=C\C/C=C\CCCCCCCCCCCCCCCCC(=O)NC(COP(=O)([O-])OCC[N+](C)(C)C)C(O)CCCCCCCCCCCCCCCCCCCCCCCCCCCCCC. The molecule has 454 valence electrons. The lowest BCUT2D eigenvalue weighted by Gasteiger charge is -2.30. The number of allylic oxidation sites excluding steroid dienone is 8. The Kier molecular flexibility index (Phi) is 57.9. The molecule has 3 atom stereocenters. The number of phosphoric ester groups is 1. The number of aliphatic hydroxyl groups is 1. The van der Waals surface area contributed by atoms with E-state index in [1.807, 2.05) is 21.1 Å². The minimum absolute atomic E-state index is 0.0124. The van der Waals surface area contributed by atoms with Gasteiger partial charge in [0.2, 0.25) is 5.91 Å². The van der Waals surface area contributed by atoms with Crippen LogP contribution in [0.2, 0.25) is 0 Å². The third-order valence-electron chi connectivity index (χ3n) is 15.3. The molecule has 0 rings (SSSR count). The van der Waals surface area contributed by atoms with Gasteiger partial charge >= 0.3 is 0 Å². The smallest absolute Gasteiger partial charge is 0.268 e. The second-order valence-electron chi connectivity index (χ2n) is 24.2. The predicted octanol–water partition coefficient (Wildman–Crippen LogP) is 20.4. The van der Waals surface area contributed by atoms with E-state index in [9.17, 15) is 19.4 Å². The number of hydrogen-bond donors (Lipinski definition) is 2. The number of carbonyl (C=O) groups is 1. The van der Waals surface area contributed by atoms with Crippen molar-refractivity contribution in [3.63, 3.8) is 0 Å². The normalized spacial score (nSPS) is 14.0. The summed E-state index contributed by atoms with van der Waals surface area (Å²) in [6.45, 7) is 4.66. The monoisotopic (exact) mass is 1100 g/mol. The molecule has 2 N–H and O–H groups in total. The number of carbonyl (C=O) groups excluding carboxylic acids is 1. The number of nitrogens with zero attached hydrogens (tertiary/aromatic N) is 1. The van der Waals surface area contributed by atoms with E-state index in [-0.39, 0.29) is 19.1 Å². The fourth-order valence-corrected chi connectivity index (χ4v) is 10.9. The Morgan fingerprint density at radius 1 is 0.468 bits per heavy atom. The molecule has 0 saturated carbocycles. The molecular weight excluding hydrogens is 972 g/mol. The van der Waals surface area contributed by atoms with Crippen molar-refractivity contribution in [2.45, 2.75) is 341 Å². The molecule has 0 aromatic carbocycles. The summed E-state index contributed by atoms with van der Waals surface area (Å²) in [4.78, 5) is 25.6. The number of rotatable bonds is 62. The first-order valence-corrected chi connectivity index (χ1v) is 34.9. The fourth-order valence-electron chi connectivity index (χ4n) is 10.2. The van der Waals surface area contributed by atoms with E-state index in [1.165, 1.54) is 238 Å². The molecule has 0 aromatic heterocycles. The maximum Gasteiger partial charge on any atom is 0.268 e. The highest BCUT2D eigenvalue weighted by Crippen LogP contribution is 2.38. The van der Waals surface area contributed by atoms with Crippen LogP contribution in [-0.2, 0) is 18.4 Å².